The minimum Gasteiger partial charge on any atom is -0.493 e. The van der Waals surface area contributed by atoms with Crippen molar-refractivity contribution in [1.29, 1.82) is 0 Å². The van der Waals surface area contributed by atoms with E-state index in [0.29, 0.717) is 65.5 Å². The summed E-state index contributed by atoms with van der Waals surface area (Å²) in [6.45, 7) is 13.8. The topological polar surface area (TPSA) is 88.0 Å². The third-order valence-electron chi connectivity index (χ3n) is 8.01. The number of halogens is 1. The molecule has 1 aliphatic rings. The first-order chi connectivity index (χ1) is 22.3. The molecule has 0 saturated carbocycles. The highest BCUT2D eigenvalue weighted by Gasteiger charge is 2.32. The normalized spacial score (nSPS) is 14.7. The van der Waals surface area contributed by atoms with Gasteiger partial charge in [-0.15, -0.1) is 0 Å². The van der Waals surface area contributed by atoms with Crippen LogP contribution in [0.3, 0.4) is 0 Å². The number of hydrogen-bond acceptors (Lipinski definition) is 8. The Morgan fingerprint density at radius 1 is 0.766 bits per heavy atom. The highest BCUT2D eigenvalue weighted by Crippen LogP contribution is 2.40. The minimum atomic E-state index is -0.544. The lowest BCUT2D eigenvalue weighted by molar-refractivity contribution is 0.0736. The van der Waals surface area contributed by atoms with Crippen LogP contribution in [0.15, 0.2) is 53.5 Å². The summed E-state index contributed by atoms with van der Waals surface area (Å²) in [6.07, 6.45) is 3.36. The lowest BCUT2D eigenvalue weighted by Crippen LogP contribution is -2.39. The Balaban J connectivity index is 1.38. The largest absolute Gasteiger partial charge is 0.493 e. The molecule has 10 heteroatoms. The van der Waals surface area contributed by atoms with E-state index >= 15 is 0 Å². The number of aliphatic imine (C=N–C) groups is 1. The molecular weight excluding hydrogens is 603 g/mol. The van der Waals surface area contributed by atoms with Crippen LogP contribution in [0, 0.1) is 16.6 Å². The maximum atomic E-state index is 15.0. The summed E-state index contributed by atoms with van der Waals surface area (Å²) in [4.78, 5) is 19.8. The first kappa shape index (κ1) is 35.4. The van der Waals surface area contributed by atoms with Crippen LogP contribution in [0.4, 0.5) is 10.1 Å². The molecule has 254 valence electrons. The zero-order valence-corrected chi connectivity index (χ0v) is 28.9. The van der Waals surface area contributed by atoms with Gasteiger partial charge in [-0.2, -0.15) is 0 Å². The van der Waals surface area contributed by atoms with Gasteiger partial charge in [0.1, 0.15) is 11.5 Å². The van der Waals surface area contributed by atoms with Crippen LogP contribution >= 0.6 is 0 Å². The molecule has 1 unspecified atom stereocenters. The molecule has 1 aliphatic heterocycles. The summed E-state index contributed by atoms with van der Waals surface area (Å²) in [7, 11) is 4.63. The maximum absolute atomic E-state index is 15.0. The Bertz CT molecular complexity index is 1590. The van der Waals surface area contributed by atoms with E-state index in [9.17, 15) is 9.18 Å². The number of amides is 1. The molecule has 9 nitrogen and oxygen atoms in total. The molecule has 0 saturated heterocycles. The van der Waals surface area contributed by atoms with Gasteiger partial charge in [0.2, 0.25) is 0 Å². The quantitative estimate of drug-likeness (QED) is 0.163. The van der Waals surface area contributed by atoms with E-state index in [-0.39, 0.29) is 28.5 Å². The number of methoxy groups -OCH3 is 3. The van der Waals surface area contributed by atoms with Crippen LogP contribution in [0.1, 0.15) is 64.7 Å². The van der Waals surface area contributed by atoms with Crippen molar-refractivity contribution in [1.82, 2.24) is 4.90 Å². The second-order valence-electron chi connectivity index (χ2n) is 13.2. The number of carbonyl (C=O) groups excluding carboxylic acids is 1. The number of fused-ring (bicyclic) bond motifs is 1. The summed E-state index contributed by atoms with van der Waals surface area (Å²) in [5, 5.41) is 0. The van der Waals surface area contributed by atoms with E-state index in [1.807, 2.05) is 25.0 Å². The summed E-state index contributed by atoms with van der Waals surface area (Å²) in [6, 6.07) is 13.0. The van der Waals surface area contributed by atoms with E-state index < -0.39 is 5.82 Å². The smallest absolute Gasteiger partial charge is 0.256 e. The van der Waals surface area contributed by atoms with Crippen LogP contribution in [0.2, 0.25) is 0 Å². The molecule has 0 radical (unpaired) electrons. The van der Waals surface area contributed by atoms with Crippen molar-refractivity contribution in [2.45, 2.75) is 60.4 Å². The van der Waals surface area contributed by atoms with Crippen molar-refractivity contribution in [2.24, 2.45) is 15.8 Å². The summed E-state index contributed by atoms with van der Waals surface area (Å²) < 4.78 is 49.3. The Morgan fingerprint density at radius 3 is 2.00 bits per heavy atom. The third-order valence-corrected chi connectivity index (χ3v) is 8.01. The number of nitrogens with zero attached hydrogens (tertiary/aromatic N) is 2. The van der Waals surface area contributed by atoms with Crippen molar-refractivity contribution in [3.05, 3.63) is 59.9 Å². The van der Waals surface area contributed by atoms with Crippen LogP contribution in [0.5, 0.6) is 40.2 Å². The molecule has 0 fully saturated rings. The summed E-state index contributed by atoms with van der Waals surface area (Å²) >= 11 is 0. The van der Waals surface area contributed by atoms with Gasteiger partial charge in [0.15, 0.2) is 34.6 Å². The number of rotatable bonds is 15. The van der Waals surface area contributed by atoms with Crippen LogP contribution in [0.25, 0.3) is 0 Å². The predicted octanol–water partition coefficient (Wildman–Crippen LogP) is 8.50. The average Bonchev–Trinajstić information content (AvgIpc) is 3.17. The van der Waals surface area contributed by atoms with E-state index in [0.717, 1.165) is 12.8 Å². The van der Waals surface area contributed by atoms with Crippen molar-refractivity contribution >= 4 is 17.8 Å². The average molecular weight is 651 g/mol. The second-order valence-corrected chi connectivity index (χ2v) is 13.2. The molecule has 0 bridgehead atoms. The van der Waals surface area contributed by atoms with Gasteiger partial charge in [-0.3, -0.25) is 9.79 Å². The van der Waals surface area contributed by atoms with Crippen LogP contribution < -0.4 is 28.4 Å². The Morgan fingerprint density at radius 2 is 1.38 bits per heavy atom. The van der Waals surface area contributed by atoms with Crippen molar-refractivity contribution < 1.29 is 37.6 Å². The number of ether oxygens (including phenoxy) is 6. The standard InChI is InChI=1S/C37H47FN2O7/c1-10-24-20-39-29-19-34(33(44-9)18-27(29)35(41)40(24)11-2)46-23-37(5,6)21-36(3,4)22-45-25-12-14-30(28(38)16-25)47-26-13-15-31(42-7)32(17-26)43-8/h12-20,24H,10-11,21-23H2,1-9H3. The molecule has 0 N–H and O–H groups in total. The number of benzene rings is 3. The van der Waals surface area contributed by atoms with Crippen molar-refractivity contribution in [3.63, 3.8) is 0 Å². The van der Waals surface area contributed by atoms with E-state index in [4.69, 9.17) is 28.4 Å². The van der Waals surface area contributed by atoms with E-state index in [1.165, 1.54) is 13.2 Å². The Labute approximate surface area is 277 Å². The van der Waals surface area contributed by atoms with Gasteiger partial charge in [-0.25, -0.2) is 4.39 Å². The highest BCUT2D eigenvalue weighted by atomic mass is 19.1. The fraction of sp³-hybridized carbons (Fsp3) is 0.459. The van der Waals surface area contributed by atoms with Gasteiger partial charge in [0.25, 0.3) is 5.91 Å². The highest BCUT2D eigenvalue weighted by molar-refractivity contribution is 6.03. The zero-order valence-electron chi connectivity index (χ0n) is 28.9. The second kappa shape index (κ2) is 15.0. The van der Waals surface area contributed by atoms with Crippen LogP contribution in [-0.4, -0.2) is 64.2 Å². The van der Waals surface area contributed by atoms with Crippen molar-refractivity contribution in [2.75, 3.05) is 41.1 Å². The first-order valence-corrected chi connectivity index (χ1v) is 15.9. The molecule has 47 heavy (non-hydrogen) atoms. The molecule has 0 spiro atoms. The summed E-state index contributed by atoms with van der Waals surface area (Å²) in [5.74, 6) is 2.32. The maximum Gasteiger partial charge on any atom is 0.256 e. The van der Waals surface area contributed by atoms with Crippen molar-refractivity contribution in [3.8, 4) is 40.2 Å². The van der Waals surface area contributed by atoms with Gasteiger partial charge in [0.05, 0.1) is 51.8 Å². The monoisotopic (exact) mass is 650 g/mol. The molecule has 3 aromatic carbocycles. The van der Waals surface area contributed by atoms with Gasteiger partial charge >= 0.3 is 0 Å². The van der Waals surface area contributed by atoms with Gasteiger partial charge in [0, 0.05) is 31.0 Å². The molecule has 4 rings (SSSR count). The molecule has 1 atom stereocenters. The first-order valence-electron chi connectivity index (χ1n) is 15.9. The molecule has 0 aliphatic carbocycles. The fourth-order valence-electron chi connectivity index (χ4n) is 5.97. The lowest BCUT2D eigenvalue weighted by Gasteiger charge is -2.34. The molecule has 0 aromatic heterocycles. The fourth-order valence-corrected chi connectivity index (χ4v) is 5.97. The van der Waals surface area contributed by atoms with Gasteiger partial charge < -0.3 is 33.3 Å². The van der Waals surface area contributed by atoms with Gasteiger partial charge in [-0.05, 0) is 60.9 Å². The lowest BCUT2D eigenvalue weighted by atomic mass is 9.76. The number of hydrogen-bond donors (Lipinski definition) is 0. The Kier molecular flexibility index (Phi) is 11.3. The zero-order chi connectivity index (χ0) is 34.4. The van der Waals surface area contributed by atoms with Gasteiger partial charge in [-0.1, -0.05) is 34.6 Å². The molecule has 1 amide bonds. The Hall–Kier alpha value is -4.47. The predicted molar refractivity (Wildman–Crippen MR) is 181 cm³/mol. The third kappa shape index (κ3) is 8.67. The SMILES string of the molecule is CCC1C=Nc2cc(OCC(C)(C)CC(C)(C)COc3ccc(Oc4ccc(OC)c(OC)c4)c(F)c3)c(OC)cc2C(=O)N1CC. The van der Waals surface area contributed by atoms with E-state index in [1.54, 1.807) is 56.7 Å². The molecule has 3 aromatic rings. The summed E-state index contributed by atoms with van der Waals surface area (Å²) in [5.41, 5.74) is 0.529. The minimum absolute atomic E-state index is 0.0645. The molecular formula is C37H47FN2O7. The number of carbonyl (C=O) groups is 1. The van der Waals surface area contributed by atoms with E-state index in [2.05, 4.69) is 32.7 Å². The van der Waals surface area contributed by atoms with Crippen LogP contribution in [-0.2, 0) is 0 Å². The molecule has 1 heterocycles.